The fraction of sp³-hybridized carbons (Fsp3) is 0.500. The van der Waals surface area contributed by atoms with Crippen molar-refractivity contribution in [1.82, 2.24) is 14.8 Å². The van der Waals surface area contributed by atoms with Gasteiger partial charge >= 0.3 is 0 Å². The van der Waals surface area contributed by atoms with Crippen molar-refractivity contribution in [1.29, 1.82) is 0 Å². The van der Waals surface area contributed by atoms with E-state index in [1.807, 2.05) is 4.68 Å². The lowest BCUT2D eigenvalue weighted by Crippen LogP contribution is -2.24. The van der Waals surface area contributed by atoms with Crippen molar-refractivity contribution >= 4 is 5.95 Å². The fourth-order valence-electron chi connectivity index (χ4n) is 2.79. The van der Waals surface area contributed by atoms with E-state index < -0.39 is 0 Å². The molecule has 112 valence electrons. The van der Waals surface area contributed by atoms with E-state index in [9.17, 15) is 0 Å². The summed E-state index contributed by atoms with van der Waals surface area (Å²) in [6.45, 7) is 5.94. The lowest BCUT2D eigenvalue weighted by Gasteiger charge is -2.25. The van der Waals surface area contributed by atoms with Crippen molar-refractivity contribution in [2.45, 2.75) is 38.6 Å². The third-order valence-corrected chi connectivity index (χ3v) is 4.03. The van der Waals surface area contributed by atoms with Crippen LogP contribution in [0, 0.1) is 0 Å². The third-order valence-electron chi connectivity index (χ3n) is 4.03. The first kappa shape index (κ1) is 14.1. The van der Waals surface area contributed by atoms with Gasteiger partial charge in [-0.05, 0) is 30.0 Å². The average Bonchev–Trinajstić information content (AvgIpc) is 2.90. The first-order chi connectivity index (χ1) is 10.2. The van der Waals surface area contributed by atoms with Gasteiger partial charge < -0.3 is 11.1 Å². The summed E-state index contributed by atoms with van der Waals surface area (Å²) in [7, 11) is 0. The van der Waals surface area contributed by atoms with Crippen molar-refractivity contribution in [3.63, 3.8) is 0 Å². The molecule has 1 aliphatic heterocycles. The molecule has 0 fully saturated rings. The van der Waals surface area contributed by atoms with Gasteiger partial charge in [0.2, 0.25) is 5.95 Å². The highest BCUT2D eigenvalue weighted by Gasteiger charge is 2.24. The molecule has 1 aromatic heterocycles. The summed E-state index contributed by atoms with van der Waals surface area (Å²) in [5.74, 6) is 2.25. The molecule has 3 N–H and O–H groups in total. The van der Waals surface area contributed by atoms with Crippen molar-refractivity contribution in [3.05, 3.63) is 41.2 Å². The standard InChI is InChI=1S/C16H23N5/c1-11(2)12-3-5-13(6-4-12)14-8-10-18-16-19-15(7-9-17)20-21(14)16/h3-6,11,14H,7-10,17H2,1-2H3,(H,18,19,20). The molecule has 3 rings (SSSR count). The second kappa shape index (κ2) is 5.85. The molecule has 0 amide bonds. The maximum atomic E-state index is 5.60. The number of anilines is 1. The SMILES string of the molecule is CC(C)c1ccc(C2CCNc3nc(CCN)nn32)cc1. The van der Waals surface area contributed by atoms with Crippen LogP contribution < -0.4 is 11.1 Å². The second-order valence-corrected chi connectivity index (χ2v) is 5.89. The maximum absolute atomic E-state index is 5.60. The van der Waals surface area contributed by atoms with E-state index in [2.05, 4.69) is 53.5 Å². The van der Waals surface area contributed by atoms with Crippen LogP contribution in [0.25, 0.3) is 0 Å². The summed E-state index contributed by atoms with van der Waals surface area (Å²) in [5, 5.41) is 7.94. The minimum absolute atomic E-state index is 0.265. The molecule has 1 aromatic carbocycles. The number of benzene rings is 1. The zero-order valence-corrected chi connectivity index (χ0v) is 12.7. The van der Waals surface area contributed by atoms with Crippen molar-refractivity contribution < 1.29 is 0 Å². The lowest BCUT2D eigenvalue weighted by molar-refractivity contribution is 0.477. The molecule has 1 unspecified atom stereocenters. The summed E-state index contributed by atoms with van der Waals surface area (Å²) in [5.41, 5.74) is 8.27. The molecule has 0 saturated heterocycles. The van der Waals surface area contributed by atoms with Gasteiger partial charge in [0.15, 0.2) is 5.82 Å². The summed E-state index contributed by atoms with van der Waals surface area (Å²) in [6, 6.07) is 9.15. The number of hydrogen-bond acceptors (Lipinski definition) is 4. The molecule has 2 heterocycles. The fourth-order valence-corrected chi connectivity index (χ4v) is 2.79. The molecule has 1 aliphatic rings. The van der Waals surface area contributed by atoms with Gasteiger partial charge in [-0.15, -0.1) is 0 Å². The topological polar surface area (TPSA) is 68.8 Å². The van der Waals surface area contributed by atoms with Crippen LogP contribution in [-0.4, -0.2) is 27.9 Å². The molecule has 0 bridgehead atoms. The van der Waals surface area contributed by atoms with Crippen molar-refractivity contribution in [3.8, 4) is 0 Å². The van der Waals surface area contributed by atoms with E-state index in [0.717, 1.165) is 31.2 Å². The Balaban J connectivity index is 1.90. The highest BCUT2D eigenvalue weighted by atomic mass is 15.4. The molecule has 0 spiro atoms. The van der Waals surface area contributed by atoms with Gasteiger partial charge in [0.05, 0.1) is 6.04 Å². The Morgan fingerprint density at radius 3 is 2.76 bits per heavy atom. The van der Waals surface area contributed by atoms with Crippen LogP contribution in [0.2, 0.25) is 0 Å². The van der Waals surface area contributed by atoms with Crippen LogP contribution in [0.15, 0.2) is 24.3 Å². The van der Waals surface area contributed by atoms with E-state index in [-0.39, 0.29) is 6.04 Å². The number of nitrogens with zero attached hydrogens (tertiary/aromatic N) is 3. The smallest absolute Gasteiger partial charge is 0.221 e. The Bertz CT molecular complexity index is 600. The molecule has 2 aromatic rings. The third kappa shape index (κ3) is 2.78. The van der Waals surface area contributed by atoms with E-state index in [1.165, 1.54) is 11.1 Å². The number of nitrogens with two attached hydrogens (primary N) is 1. The van der Waals surface area contributed by atoms with E-state index in [4.69, 9.17) is 5.73 Å². The lowest BCUT2D eigenvalue weighted by atomic mass is 9.97. The first-order valence-corrected chi connectivity index (χ1v) is 7.68. The molecular weight excluding hydrogens is 262 g/mol. The normalized spacial score (nSPS) is 17.6. The highest BCUT2D eigenvalue weighted by molar-refractivity contribution is 5.34. The molecule has 5 nitrogen and oxygen atoms in total. The van der Waals surface area contributed by atoms with Crippen LogP contribution in [0.3, 0.4) is 0 Å². The van der Waals surface area contributed by atoms with E-state index in [0.29, 0.717) is 12.5 Å². The largest absolute Gasteiger partial charge is 0.354 e. The molecule has 1 atom stereocenters. The zero-order chi connectivity index (χ0) is 14.8. The second-order valence-electron chi connectivity index (χ2n) is 5.89. The van der Waals surface area contributed by atoms with Gasteiger partial charge in [-0.3, -0.25) is 0 Å². The van der Waals surface area contributed by atoms with Crippen molar-refractivity contribution in [2.75, 3.05) is 18.4 Å². The van der Waals surface area contributed by atoms with Crippen LogP contribution in [0.1, 0.15) is 49.2 Å². The number of rotatable bonds is 4. The summed E-state index contributed by atoms with van der Waals surface area (Å²) >= 11 is 0. The van der Waals surface area contributed by atoms with Gasteiger partial charge in [-0.25, -0.2) is 4.68 Å². The summed E-state index contributed by atoms with van der Waals surface area (Å²) in [6.07, 6.45) is 1.75. The predicted octanol–water partition coefficient (Wildman–Crippen LogP) is 2.31. The molecule has 5 heteroatoms. The Hall–Kier alpha value is -1.88. The number of fused-ring (bicyclic) bond motifs is 1. The van der Waals surface area contributed by atoms with Gasteiger partial charge in [0, 0.05) is 13.0 Å². The Kier molecular flexibility index (Phi) is 3.92. The first-order valence-electron chi connectivity index (χ1n) is 7.68. The highest BCUT2D eigenvalue weighted by Crippen LogP contribution is 2.29. The predicted molar refractivity (Wildman–Crippen MR) is 84.6 cm³/mol. The van der Waals surface area contributed by atoms with Crippen LogP contribution >= 0.6 is 0 Å². The quantitative estimate of drug-likeness (QED) is 0.904. The molecule has 0 saturated carbocycles. The molecule has 0 aliphatic carbocycles. The molecular formula is C16H23N5. The summed E-state index contributed by atoms with van der Waals surface area (Å²) < 4.78 is 2.01. The van der Waals surface area contributed by atoms with Gasteiger partial charge in [-0.1, -0.05) is 38.1 Å². The number of aromatic nitrogens is 3. The Morgan fingerprint density at radius 1 is 1.33 bits per heavy atom. The Labute approximate surface area is 125 Å². The van der Waals surface area contributed by atoms with Crippen LogP contribution in [-0.2, 0) is 6.42 Å². The van der Waals surface area contributed by atoms with Gasteiger partial charge in [0.25, 0.3) is 0 Å². The molecule has 21 heavy (non-hydrogen) atoms. The zero-order valence-electron chi connectivity index (χ0n) is 12.7. The van der Waals surface area contributed by atoms with Crippen LogP contribution in [0.5, 0.6) is 0 Å². The van der Waals surface area contributed by atoms with E-state index in [1.54, 1.807) is 0 Å². The van der Waals surface area contributed by atoms with Gasteiger partial charge in [0.1, 0.15) is 0 Å². The van der Waals surface area contributed by atoms with E-state index >= 15 is 0 Å². The number of hydrogen-bond donors (Lipinski definition) is 2. The minimum Gasteiger partial charge on any atom is -0.354 e. The van der Waals surface area contributed by atoms with Crippen molar-refractivity contribution in [2.24, 2.45) is 5.73 Å². The monoisotopic (exact) mass is 285 g/mol. The molecule has 0 radical (unpaired) electrons. The average molecular weight is 285 g/mol. The Morgan fingerprint density at radius 2 is 2.10 bits per heavy atom. The maximum Gasteiger partial charge on any atom is 0.221 e. The summed E-state index contributed by atoms with van der Waals surface area (Å²) in [4.78, 5) is 4.52. The van der Waals surface area contributed by atoms with Crippen LogP contribution in [0.4, 0.5) is 5.95 Å². The number of nitrogens with one attached hydrogen (secondary N) is 1. The van der Waals surface area contributed by atoms with Gasteiger partial charge in [-0.2, -0.15) is 10.1 Å². The minimum atomic E-state index is 0.265.